The van der Waals surface area contributed by atoms with Gasteiger partial charge >= 0.3 is 5.97 Å². The van der Waals surface area contributed by atoms with Crippen molar-refractivity contribution in [2.24, 2.45) is 0 Å². The number of ether oxygens (including phenoxy) is 1. The Morgan fingerprint density at radius 3 is 2.82 bits per heavy atom. The van der Waals surface area contributed by atoms with Crippen LogP contribution in [0.2, 0.25) is 0 Å². The van der Waals surface area contributed by atoms with Gasteiger partial charge in [-0.05, 0) is 12.0 Å². The van der Waals surface area contributed by atoms with Gasteiger partial charge in [0, 0.05) is 13.1 Å². The minimum Gasteiger partial charge on any atom is -0.460 e. The molecule has 0 spiro atoms. The van der Waals surface area contributed by atoms with Crippen LogP contribution in [0.25, 0.3) is 0 Å². The maximum absolute atomic E-state index is 11.5. The van der Waals surface area contributed by atoms with Crippen molar-refractivity contribution >= 4 is 5.97 Å². The van der Waals surface area contributed by atoms with E-state index in [1.807, 2.05) is 35.2 Å². The number of carbonyl (C=O) groups is 1. The van der Waals surface area contributed by atoms with Crippen molar-refractivity contribution in [1.82, 2.24) is 4.90 Å². The van der Waals surface area contributed by atoms with Crippen LogP contribution in [0.3, 0.4) is 0 Å². The lowest BCUT2D eigenvalue weighted by molar-refractivity contribution is -0.146. The number of hydrogen-bond acceptors (Lipinski definition) is 4. The van der Waals surface area contributed by atoms with Crippen LogP contribution in [0.5, 0.6) is 0 Å². The van der Waals surface area contributed by atoms with E-state index in [2.05, 4.69) is 0 Å². The van der Waals surface area contributed by atoms with E-state index in [4.69, 9.17) is 4.74 Å². The second-order valence-corrected chi connectivity index (χ2v) is 4.32. The quantitative estimate of drug-likeness (QED) is 0.784. The number of carbonyl (C=O) groups excluding carboxylic acids is 1. The normalized spacial score (nSPS) is 20.4. The Kier molecular flexibility index (Phi) is 4.12. The van der Waals surface area contributed by atoms with E-state index in [0.29, 0.717) is 13.2 Å². The number of likely N-dealkylation sites (tertiary alicyclic amines) is 1. The van der Waals surface area contributed by atoms with Gasteiger partial charge in [0.1, 0.15) is 6.61 Å². The fourth-order valence-electron chi connectivity index (χ4n) is 1.92. The molecule has 1 aromatic carbocycles. The van der Waals surface area contributed by atoms with E-state index < -0.39 is 0 Å². The van der Waals surface area contributed by atoms with Gasteiger partial charge in [-0.25, -0.2) is 0 Å². The van der Waals surface area contributed by atoms with Crippen molar-refractivity contribution < 1.29 is 14.6 Å². The topological polar surface area (TPSA) is 49.8 Å². The molecule has 1 heterocycles. The summed E-state index contributed by atoms with van der Waals surface area (Å²) in [6.45, 7) is 1.92. The van der Waals surface area contributed by atoms with Crippen LogP contribution < -0.4 is 0 Å². The van der Waals surface area contributed by atoms with Crippen LogP contribution in [0.4, 0.5) is 0 Å². The molecule has 1 atom stereocenters. The first-order valence-electron chi connectivity index (χ1n) is 5.84. The monoisotopic (exact) mass is 235 g/mol. The molecule has 0 amide bonds. The molecule has 0 radical (unpaired) electrons. The highest BCUT2D eigenvalue weighted by Crippen LogP contribution is 2.08. The number of benzene rings is 1. The molecule has 92 valence electrons. The van der Waals surface area contributed by atoms with Crippen LogP contribution in [0.15, 0.2) is 30.3 Å². The molecule has 17 heavy (non-hydrogen) atoms. The van der Waals surface area contributed by atoms with Gasteiger partial charge in [-0.2, -0.15) is 0 Å². The summed E-state index contributed by atoms with van der Waals surface area (Å²) < 4.78 is 5.16. The van der Waals surface area contributed by atoms with Crippen LogP contribution >= 0.6 is 0 Å². The highest BCUT2D eigenvalue weighted by atomic mass is 16.5. The van der Waals surface area contributed by atoms with Gasteiger partial charge in [0.25, 0.3) is 0 Å². The largest absolute Gasteiger partial charge is 0.460 e. The number of rotatable bonds is 4. The van der Waals surface area contributed by atoms with Crippen molar-refractivity contribution in [3.8, 4) is 0 Å². The van der Waals surface area contributed by atoms with Crippen molar-refractivity contribution in [2.75, 3.05) is 19.6 Å². The highest BCUT2D eigenvalue weighted by molar-refractivity contribution is 5.71. The van der Waals surface area contributed by atoms with Gasteiger partial charge in [-0.15, -0.1) is 0 Å². The molecule has 1 saturated heterocycles. The van der Waals surface area contributed by atoms with E-state index >= 15 is 0 Å². The lowest BCUT2D eigenvalue weighted by Crippen LogP contribution is -2.29. The Hall–Kier alpha value is -1.39. The minimum absolute atomic E-state index is 0.233. The Morgan fingerprint density at radius 2 is 2.18 bits per heavy atom. The average molecular weight is 235 g/mol. The first-order chi connectivity index (χ1) is 8.24. The third-order valence-electron chi connectivity index (χ3n) is 2.84. The van der Waals surface area contributed by atoms with Gasteiger partial charge in [0.15, 0.2) is 0 Å². The van der Waals surface area contributed by atoms with Crippen LogP contribution in [0.1, 0.15) is 12.0 Å². The molecule has 0 aromatic heterocycles. The Labute approximate surface area is 101 Å². The van der Waals surface area contributed by atoms with E-state index in [1.165, 1.54) is 0 Å². The fraction of sp³-hybridized carbons (Fsp3) is 0.462. The van der Waals surface area contributed by atoms with Crippen LogP contribution in [-0.2, 0) is 16.1 Å². The molecular weight excluding hydrogens is 218 g/mol. The minimum atomic E-state index is -0.295. The molecule has 4 heteroatoms. The highest BCUT2D eigenvalue weighted by Gasteiger charge is 2.22. The predicted molar refractivity (Wildman–Crippen MR) is 63.3 cm³/mol. The third-order valence-corrected chi connectivity index (χ3v) is 2.84. The molecule has 1 fully saturated rings. The molecule has 1 aliphatic rings. The van der Waals surface area contributed by atoms with Crippen molar-refractivity contribution in [1.29, 1.82) is 0 Å². The summed E-state index contributed by atoms with van der Waals surface area (Å²) in [7, 11) is 0. The van der Waals surface area contributed by atoms with E-state index in [1.54, 1.807) is 0 Å². The van der Waals surface area contributed by atoms with Gasteiger partial charge in [0.2, 0.25) is 0 Å². The Bertz CT molecular complexity index is 366. The molecule has 1 aliphatic heterocycles. The van der Waals surface area contributed by atoms with Gasteiger partial charge in [-0.1, -0.05) is 30.3 Å². The van der Waals surface area contributed by atoms with Crippen molar-refractivity contribution in [2.45, 2.75) is 19.1 Å². The second kappa shape index (κ2) is 5.80. The number of nitrogens with zero attached hydrogens (tertiary/aromatic N) is 1. The summed E-state index contributed by atoms with van der Waals surface area (Å²) in [6, 6.07) is 9.61. The van der Waals surface area contributed by atoms with Crippen LogP contribution in [0, 0.1) is 0 Å². The molecule has 0 bridgehead atoms. The summed E-state index contributed by atoms with van der Waals surface area (Å²) >= 11 is 0. The van der Waals surface area contributed by atoms with Gasteiger partial charge in [-0.3, -0.25) is 9.69 Å². The molecule has 1 unspecified atom stereocenters. The molecule has 0 aliphatic carbocycles. The van der Waals surface area contributed by atoms with Gasteiger partial charge in [0.05, 0.1) is 12.6 Å². The predicted octanol–water partition coefficient (Wildman–Crippen LogP) is 0.796. The van der Waals surface area contributed by atoms with Gasteiger partial charge < -0.3 is 9.84 Å². The van der Waals surface area contributed by atoms with E-state index in [9.17, 15) is 9.90 Å². The smallest absolute Gasteiger partial charge is 0.320 e. The first kappa shape index (κ1) is 12.1. The lowest BCUT2D eigenvalue weighted by Gasteiger charge is -2.13. The molecule has 4 nitrogen and oxygen atoms in total. The number of aliphatic hydroxyl groups excluding tert-OH is 1. The Morgan fingerprint density at radius 1 is 1.41 bits per heavy atom. The first-order valence-corrected chi connectivity index (χ1v) is 5.84. The van der Waals surface area contributed by atoms with Crippen molar-refractivity contribution in [3.63, 3.8) is 0 Å². The summed E-state index contributed by atoms with van der Waals surface area (Å²) in [5.41, 5.74) is 0.988. The molecular formula is C13H17NO3. The zero-order chi connectivity index (χ0) is 12.1. The summed E-state index contributed by atoms with van der Waals surface area (Å²) in [4.78, 5) is 13.4. The van der Waals surface area contributed by atoms with E-state index in [0.717, 1.165) is 18.5 Å². The third kappa shape index (κ3) is 3.84. The fourth-order valence-corrected chi connectivity index (χ4v) is 1.92. The molecule has 1 aromatic rings. The molecule has 1 N–H and O–H groups in total. The molecule has 0 saturated carbocycles. The Balaban J connectivity index is 1.71. The standard InChI is InChI=1S/C13H17NO3/c15-12-6-7-14(8-12)9-13(16)17-10-11-4-2-1-3-5-11/h1-5,12,15H,6-10H2. The van der Waals surface area contributed by atoms with Crippen LogP contribution in [-0.4, -0.2) is 41.7 Å². The number of aliphatic hydroxyl groups is 1. The molecule has 2 rings (SSSR count). The zero-order valence-electron chi connectivity index (χ0n) is 9.71. The lowest BCUT2D eigenvalue weighted by atomic mass is 10.2. The summed E-state index contributed by atoms with van der Waals surface area (Å²) in [5, 5.41) is 9.33. The summed E-state index contributed by atoms with van der Waals surface area (Å²) in [6.07, 6.45) is 0.448. The van der Waals surface area contributed by atoms with Crippen molar-refractivity contribution in [3.05, 3.63) is 35.9 Å². The van der Waals surface area contributed by atoms with E-state index in [-0.39, 0.29) is 18.6 Å². The zero-order valence-corrected chi connectivity index (χ0v) is 9.71. The summed E-state index contributed by atoms with van der Waals surface area (Å²) in [5.74, 6) is -0.233. The number of β-amino-alcohol motifs (C(OH)–C–C–N with tert-alkyl or cyclic N) is 1. The average Bonchev–Trinajstić information content (AvgIpc) is 2.73. The SMILES string of the molecule is O=C(CN1CCC(O)C1)OCc1ccccc1. The second-order valence-electron chi connectivity index (χ2n) is 4.32. The number of esters is 1. The number of hydrogen-bond donors (Lipinski definition) is 1. The maximum atomic E-state index is 11.5. The maximum Gasteiger partial charge on any atom is 0.320 e.